The number of benzene rings is 2. The molecule has 0 aliphatic carbocycles. The molecule has 0 saturated carbocycles. The van der Waals surface area contributed by atoms with Gasteiger partial charge in [0.25, 0.3) is 0 Å². The minimum absolute atomic E-state index is 0.0119. The van der Waals surface area contributed by atoms with Crippen molar-refractivity contribution < 1.29 is 26.0 Å². The highest BCUT2D eigenvalue weighted by Gasteiger charge is 2.34. The molecule has 2 aromatic heterocycles. The lowest BCUT2D eigenvalue weighted by Gasteiger charge is -2.12. The van der Waals surface area contributed by atoms with Gasteiger partial charge in [-0.1, -0.05) is 6.07 Å². The summed E-state index contributed by atoms with van der Waals surface area (Å²) in [6.07, 6.45) is -2.72. The minimum atomic E-state index is -4.90. The first-order chi connectivity index (χ1) is 14.4. The van der Waals surface area contributed by atoms with Crippen molar-refractivity contribution in [1.82, 2.24) is 19.5 Å². The third-order valence-electron chi connectivity index (χ3n) is 4.52. The Morgan fingerprint density at radius 3 is 2.42 bits per heavy atom. The van der Waals surface area contributed by atoms with Crippen LogP contribution in [0.5, 0.6) is 0 Å². The minimum Gasteiger partial charge on any atom is -0.276 e. The number of imidazole rings is 1. The number of hydrogen-bond donors (Lipinski definition) is 0. The predicted octanol–water partition coefficient (Wildman–Crippen LogP) is 4.35. The van der Waals surface area contributed by atoms with Gasteiger partial charge in [-0.3, -0.25) is 4.57 Å². The lowest BCUT2D eigenvalue weighted by atomic mass is 10.1. The van der Waals surface area contributed by atoms with Gasteiger partial charge in [0.1, 0.15) is 17.5 Å². The third kappa shape index (κ3) is 3.88. The first-order valence-corrected chi connectivity index (χ1v) is 10.7. The second-order valence-corrected chi connectivity index (χ2v) is 8.83. The molecule has 4 rings (SSSR count). The van der Waals surface area contributed by atoms with Gasteiger partial charge < -0.3 is 0 Å². The van der Waals surface area contributed by atoms with E-state index in [4.69, 9.17) is 0 Å². The summed E-state index contributed by atoms with van der Waals surface area (Å²) < 4.78 is 78.8. The van der Waals surface area contributed by atoms with Crippen LogP contribution in [0.3, 0.4) is 0 Å². The van der Waals surface area contributed by atoms with Gasteiger partial charge in [0.05, 0.1) is 16.6 Å². The maximum Gasteiger partial charge on any atom is 0.419 e. The zero-order chi connectivity index (χ0) is 22.6. The van der Waals surface area contributed by atoms with E-state index in [9.17, 15) is 26.0 Å². The molecule has 6 nitrogen and oxygen atoms in total. The Morgan fingerprint density at radius 2 is 1.74 bits per heavy atom. The fourth-order valence-corrected chi connectivity index (χ4v) is 3.64. The Hall–Kier alpha value is -3.34. The number of alkyl halides is 3. The van der Waals surface area contributed by atoms with E-state index in [1.54, 1.807) is 18.2 Å². The molecular formula is C20H14F4N4O2S. The standard InChI is InChI=1S/C20H14F4N4O2S/c1-11-3-6-15-16(9-11)28(17-7-8-25-19(27-17)31(2,29)30)18(26-15)12-4-5-14(21)13(10-12)20(22,23)24/h3-10H,1-2H3. The second kappa shape index (κ2) is 7.12. The number of rotatable bonds is 3. The van der Waals surface area contributed by atoms with Crippen LogP contribution in [0, 0.1) is 12.7 Å². The summed E-state index contributed by atoms with van der Waals surface area (Å²) in [5.74, 6) is -1.27. The Labute approximate surface area is 174 Å². The van der Waals surface area contributed by atoms with Crippen LogP contribution in [0.1, 0.15) is 11.1 Å². The van der Waals surface area contributed by atoms with Crippen molar-refractivity contribution in [2.45, 2.75) is 18.3 Å². The van der Waals surface area contributed by atoms with Gasteiger partial charge in [-0.25, -0.2) is 27.8 Å². The van der Waals surface area contributed by atoms with E-state index < -0.39 is 32.6 Å². The molecule has 160 valence electrons. The average molecular weight is 450 g/mol. The van der Waals surface area contributed by atoms with Gasteiger partial charge >= 0.3 is 6.18 Å². The first-order valence-electron chi connectivity index (χ1n) is 8.85. The number of fused-ring (bicyclic) bond motifs is 1. The molecular weight excluding hydrogens is 436 g/mol. The fraction of sp³-hybridized carbons (Fsp3) is 0.150. The molecule has 31 heavy (non-hydrogen) atoms. The van der Waals surface area contributed by atoms with Gasteiger partial charge in [-0.2, -0.15) is 13.2 Å². The zero-order valence-electron chi connectivity index (χ0n) is 16.1. The molecule has 0 amide bonds. The summed E-state index contributed by atoms with van der Waals surface area (Å²) in [7, 11) is -3.74. The normalized spacial score (nSPS) is 12.5. The smallest absolute Gasteiger partial charge is 0.276 e. The number of nitrogens with zero attached hydrogens (tertiary/aromatic N) is 4. The van der Waals surface area contributed by atoms with Crippen LogP contribution in [0.2, 0.25) is 0 Å². The van der Waals surface area contributed by atoms with Gasteiger partial charge in [0.15, 0.2) is 0 Å². The van der Waals surface area contributed by atoms with Gasteiger partial charge in [-0.15, -0.1) is 0 Å². The molecule has 0 radical (unpaired) electrons. The summed E-state index contributed by atoms with van der Waals surface area (Å²) >= 11 is 0. The lowest BCUT2D eigenvalue weighted by molar-refractivity contribution is -0.139. The van der Waals surface area contributed by atoms with E-state index in [1.807, 2.05) is 6.92 Å². The van der Waals surface area contributed by atoms with Crippen LogP contribution in [-0.4, -0.2) is 34.2 Å². The molecule has 0 spiro atoms. The highest BCUT2D eigenvalue weighted by atomic mass is 32.2. The van der Waals surface area contributed by atoms with Crippen molar-refractivity contribution in [1.29, 1.82) is 0 Å². The van der Waals surface area contributed by atoms with Crippen molar-refractivity contribution >= 4 is 20.9 Å². The molecule has 2 heterocycles. The number of hydrogen-bond acceptors (Lipinski definition) is 5. The first kappa shape index (κ1) is 20.9. The SMILES string of the molecule is Cc1ccc2nc(-c3ccc(F)c(C(F)(F)F)c3)n(-c3ccnc(S(C)(=O)=O)n3)c2c1. The molecule has 4 aromatic rings. The van der Waals surface area contributed by atoms with Crippen molar-refractivity contribution in [3.05, 3.63) is 65.6 Å². The molecule has 0 atom stereocenters. The number of aryl methyl sites for hydroxylation is 1. The van der Waals surface area contributed by atoms with Crippen molar-refractivity contribution in [3.8, 4) is 17.2 Å². The Kier molecular flexibility index (Phi) is 4.80. The van der Waals surface area contributed by atoms with Crippen LogP contribution in [-0.2, 0) is 16.0 Å². The van der Waals surface area contributed by atoms with Crippen LogP contribution in [0.25, 0.3) is 28.2 Å². The monoisotopic (exact) mass is 450 g/mol. The maximum absolute atomic E-state index is 13.8. The highest BCUT2D eigenvalue weighted by Crippen LogP contribution is 2.35. The van der Waals surface area contributed by atoms with Crippen molar-refractivity contribution in [2.24, 2.45) is 0 Å². The lowest BCUT2D eigenvalue weighted by Crippen LogP contribution is -2.10. The van der Waals surface area contributed by atoms with E-state index in [-0.39, 0.29) is 17.2 Å². The molecule has 0 aliphatic heterocycles. The zero-order valence-corrected chi connectivity index (χ0v) is 17.0. The number of aromatic nitrogens is 4. The van der Waals surface area contributed by atoms with E-state index in [1.165, 1.54) is 22.9 Å². The van der Waals surface area contributed by atoms with Crippen LogP contribution < -0.4 is 0 Å². The Balaban J connectivity index is 2.05. The molecule has 0 unspecified atom stereocenters. The molecule has 0 fully saturated rings. The van der Waals surface area contributed by atoms with E-state index >= 15 is 0 Å². The highest BCUT2D eigenvalue weighted by molar-refractivity contribution is 7.90. The Bertz CT molecular complexity index is 1430. The molecule has 0 bridgehead atoms. The third-order valence-corrected chi connectivity index (χ3v) is 5.38. The molecule has 0 N–H and O–H groups in total. The van der Waals surface area contributed by atoms with Crippen LogP contribution in [0.15, 0.2) is 53.8 Å². The second-order valence-electron chi connectivity index (χ2n) is 6.92. The Morgan fingerprint density at radius 1 is 1.00 bits per heavy atom. The summed E-state index contributed by atoms with van der Waals surface area (Å²) in [4.78, 5) is 12.2. The summed E-state index contributed by atoms with van der Waals surface area (Å²) in [5.41, 5.74) is 0.332. The van der Waals surface area contributed by atoms with Crippen LogP contribution >= 0.6 is 0 Å². The number of sulfone groups is 1. The maximum atomic E-state index is 13.8. The van der Waals surface area contributed by atoms with E-state index in [0.29, 0.717) is 17.1 Å². The fourth-order valence-electron chi connectivity index (χ4n) is 3.13. The summed E-state index contributed by atoms with van der Waals surface area (Å²) in [6, 6.07) is 9.16. The van der Waals surface area contributed by atoms with Crippen molar-refractivity contribution in [3.63, 3.8) is 0 Å². The molecule has 2 aromatic carbocycles. The average Bonchev–Trinajstić information content (AvgIpc) is 3.05. The van der Waals surface area contributed by atoms with Crippen LogP contribution in [0.4, 0.5) is 17.6 Å². The molecule has 11 heteroatoms. The topological polar surface area (TPSA) is 77.7 Å². The van der Waals surface area contributed by atoms with E-state index in [2.05, 4.69) is 15.0 Å². The number of halogens is 4. The molecule has 0 aliphatic rings. The van der Waals surface area contributed by atoms with Gasteiger partial charge in [-0.05, 0) is 48.9 Å². The van der Waals surface area contributed by atoms with Gasteiger partial charge in [0, 0.05) is 18.0 Å². The summed E-state index contributed by atoms with van der Waals surface area (Å²) in [6.45, 7) is 1.82. The van der Waals surface area contributed by atoms with Crippen molar-refractivity contribution in [2.75, 3.05) is 6.26 Å². The van der Waals surface area contributed by atoms with E-state index in [0.717, 1.165) is 17.9 Å². The summed E-state index contributed by atoms with van der Waals surface area (Å²) in [5, 5.41) is -0.444. The van der Waals surface area contributed by atoms with Gasteiger partial charge in [0.2, 0.25) is 15.0 Å². The quantitative estimate of drug-likeness (QED) is 0.343. The molecule has 0 saturated heterocycles. The predicted molar refractivity (Wildman–Crippen MR) is 105 cm³/mol. The largest absolute Gasteiger partial charge is 0.419 e.